The molecule has 1 aromatic heterocycles. The predicted octanol–water partition coefficient (Wildman–Crippen LogP) is 1.30. The first-order valence-corrected chi connectivity index (χ1v) is 7.76. The van der Waals surface area contributed by atoms with Crippen molar-refractivity contribution in [2.75, 3.05) is 6.54 Å². The summed E-state index contributed by atoms with van der Waals surface area (Å²) in [5.41, 5.74) is 2.37. The Hall–Kier alpha value is -1.36. The van der Waals surface area contributed by atoms with E-state index in [0.29, 0.717) is 6.04 Å². The van der Waals surface area contributed by atoms with Crippen molar-refractivity contribution < 1.29 is 4.79 Å². The molecule has 1 aromatic rings. The molecule has 3 rings (SSSR count). The minimum absolute atomic E-state index is 0.0382. The lowest BCUT2D eigenvalue weighted by Gasteiger charge is -2.13. The Morgan fingerprint density at radius 3 is 2.95 bits per heavy atom. The van der Waals surface area contributed by atoms with E-state index in [9.17, 15) is 4.79 Å². The first-order chi connectivity index (χ1) is 9.74. The zero-order chi connectivity index (χ0) is 13.9. The molecule has 1 saturated carbocycles. The van der Waals surface area contributed by atoms with E-state index in [1.807, 2.05) is 13.1 Å². The molecule has 1 aliphatic carbocycles. The second-order valence-electron chi connectivity index (χ2n) is 6.16. The molecule has 2 atom stereocenters. The molecule has 3 N–H and O–H groups in total. The minimum Gasteiger partial charge on any atom is -0.355 e. The predicted molar refractivity (Wildman–Crippen MR) is 77.3 cm³/mol. The highest BCUT2D eigenvalue weighted by molar-refractivity contribution is 5.82. The minimum atomic E-state index is 0.0382. The topological polar surface area (TPSA) is 69.8 Å². The number of amides is 1. The molecule has 0 radical (unpaired) electrons. The number of rotatable bonds is 6. The Morgan fingerprint density at radius 2 is 2.25 bits per heavy atom. The third-order valence-corrected chi connectivity index (χ3v) is 4.55. The van der Waals surface area contributed by atoms with Gasteiger partial charge >= 0.3 is 0 Å². The Kier molecular flexibility index (Phi) is 4.05. The van der Waals surface area contributed by atoms with Crippen LogP contribution in [0.1, 0.15) is 43.4 Å². The second kappa shape index (κ2) is 5.95. The van der Waals surface area contributed by atoms with Gasteiger partial charge in [-0.15, -0.1) is 0 Å². The molecular weight excluding hydrogens is 252 g/mol. The van der Waals surface area contributed by atoms with E-state index in [0.717, 1.165) is 43.8 Å². The number of H-pyrrole nitrogens is 1. The third kappa shape index (κ3) is 3.20. The van der Waals surface area contributed by atoms with E-state index in [4.69, 9.17) is 0 Å². The number of aromatic amines is 1. The van der Waals surface area contributed by atoms with Crippen LogP contribution in [-0.2, 0) is 11.2 Å². The summed E-state index contributed by atoms with van der Waals surface area (Å²) in [6, 6.07) is 0.635. The summed E-state index contributed by atoms with van der Waals surface area (Å²) in [6.45, 7) is 2.77. The molecule has 5 nitrogen and oxygen atoms in total. The van der Waals surface area contributed by atoms with Gasteiger partial charge in [0.05, 0.1) is 12.2 Å². The first kappa shape index (κ1) is 13.6. The van der Waals surface area contributed by atoms with Gasteiger partial charge in [0.15, 0.2) is 0 Å². The number of aromatic nitrogens is 2. The number of aryl methyl sites for hydroxylation is 2. The molecule has 1 aliphatic heterocycles. The zero-order valence-corrected chi connectivity index (χ0v) is 12.1. The Bertz CT molecular complexity index is 466. The van der Waals surface area contributed by atoms with Crippen molar-refractivity contribution in [2.24, 2.45) is 5.92 Å². The van der Waals surface area contributed by atoms with Gasteiger partial charge in [-0.2, -0.15) is 5.10 Å². The average molecular weight is 276 g/mol. The van der Waals surface area contributed by atoms with Gasteiger partial charge in [-0.3, -0.25) is 9.89 Å². The van der Waals surface area contributed by atoms with Crippen molar-refractivity contribution in [1.29, 1.82) is 0 Å². The average Bonchev–Trinajstić information content (AvgIpc) is 3.03. The molecular formula is C15H24N4O. The highest BCUT2D eigenvalue weighted by Gasteiger charge is 2.38. The van der Waals surface area contributed by atoms with Gasteiger partial charge in [0.2, 0.25) is 5.91 Å². The normalized spacial score (nSPS) is 25.9. The lowest BCUT2D eigenvalue weighted by molar-refractivity contribution is -0.122. The van der Waals surface area contributed by atoms with E-state index in [1.54, 1.807) is 0 Å². The van der Waals surface area contributed by atoms with Crippen LogP contribution in [0.15, 0.2) is 6.20 Å². The van der Waals surface area contributed by atoms with Crippen LogP contribution in [0.25, 0.3) is 0 Å². The first-order valence-electron chi connectivity index (χ1n) is 7.76. The third-order valence-electron chi connectivity index (χ3n) is 4.55. The maximum Gasteiger partial charge on any atom is 0.237 e. The molecule has 5 heteroatoms. The van der Waals surface area contributed by atoms with Crippen LogP contribution in [-0.4, -0.2) is 34.7 Å². The molecule has 2 unspecified atom stereocenters. The maximum absolute atomic E-state index is 12.1. The molecule has 2 aliphatic rings. The molecule has 110 valence electrons. The number of hydrogen-bond acceptors (Lipinski definition) is 3. The van der Waals surface area contributed by atoms with E-state index in [-0.39, 0.29) is 11.9 Å². The van der Waals surface area contributed by atoms with E-state index < -0.39 is 0 Å². The highest BCUT2D eigenvalue weighted by Crippen LogP contribution is 2.37. The number of nitrogens with one attached hydrogen (secondary N) is 3. The Morgan fingerprint density at radius 1 is 1.40 bits per heavy atom. The van der Waals surface area contributed by atoms with Gasteiger partial charge in [0, 0.05) is 18.3 Å². The van der Waals surface area contributed by atoms with Crippen LogP contribution in [0, 0.1) is 12.8 Å². The SMILES string of the molecule is Cc1[nH]ncc1CCCNC(=O)C1CCC(C2CC2)N1. The van der Waals surface area contributed by atoms with E-state index in [2.05, 4.69) is 20.8 Å². The van der Waals surface area contributed by atoms with Crippen LogP contribution >= 0.6 is 0 Å². The van der Waals surface area contributed by atoms with Crippen LogP contribution in [0.3, 0.4) is 0 Å². The molecule has 20 heavy (non-hydrogen) atoms. The van der Waals surface area contributed by atoms with Crippen molar-refractivity contribution in [2.45, 2.75) is 57.5 Å². The van der Waals surface area contributed by atoms with Crippen molar-refractivity contribution in [3.63, 3.8) is 0 Å². The van der Waals surface area contributed by atoms with Gasteiger partial charge in [0.1, 0.15) is 0 Å². The van der Waals surface area contributed by atoms with Crippen LogP contribution < -0.4 is 10.6 Å². The van der Waals surface area contributed by atoms with Crippen LogP contribution in [0.4, 0.5) is 0 Å². The highest BCUT2D eigenvalue weighted by atomic mass is 16.2. The van der Waals surface area contributed by atoms with Crippen LogP contribution in [0.2, 0.25) is 0 Å². The smallest absolute Gasteiger partial charge is 0.237 e. The van der Waals surface area contributed by atoms with Gasteiger partial charge < -0.3 is 10.6 Å². The summed E-state index contributed by atoms with van der Waals surface area (Å²) < 4.78 is 0. The monoisotopic (exact) mass is 276 g/mol. The standard InChI is InChI=1S/C15H24N4O/c1-10-12(9-17-19-10)3-2-8-16-15(20)14-7-6-13(18-14)11-4-5-11/h9,11,13-14,18H,2-8H2,1H3,(H,16,20)(H,17,19). The lowest BCUT2D eigenvalue weighted by Crippen LogP contribution is -2.43. The van der Waals surface area contributed by atoms with Gasteiger partial charge in [-0.1, -0.05) is 0 Å². The largest absolute Gasteiger partial charge is 0.355 e. The molecule has 2 heterocycles. The van der Waals surface area contributed by atoms with E-state index in [1.165, 1.54) is 18.4 Å². The molecule has 1 saturated heterocycles. The Labute approximate surface area is 119 Å². The van der Waals surface area contributed by atoms with E-state index >= 15 is 0 Å². The fourth-order valence-electron chi connectivity index (χ4n) is 3.09. The second-order valence-corrected chi connectivity index (χ2v) is 6.16. The quantitative estimate of drug-likeness (QED) is 0.686. The summed E-state index contributed by atoms with van der Waals surface area (Å²) in [6.07, 6.45) is 8.64. The van der Waals surface area contributed by atoms with Crippen molar-refractivity contribution >= 4 is 5.91 Å². The summed E-state index contributed by atoms with van der Waals surface area (Å²) >= 11 is 0. The van der Waals surface area contributed by atoms with Crippen LogP contribution in [0.5, 0.6) is 0 Å². The molecule has 1 amide bonds. The lowest BCUT2D eigenvalue weighted by atomic mass is 10.1. The number of carbonyl (C=O) groups is 1. The van der Waals surface area contributed by atoms with Gasteiger partial charge in [0.25, 0.3) is 0 Å². The molecule has 0 bridgehead atoms. The van der Waals surface area contributed by atoms with Gasteiger partial charge in [-0.25, -0.2) is 0 Å². The maximum atomic E-state index is 12.1. The summed E-state index contributed by atoms with van der Waals surface area (Å²) in [7, 11) is 0. The fraction of sp³-hybridized carbons (Fsp3) is 0.733. The zero-order valence-electron chi connectivity index (χ0n) is 12.1. The number of nitrogens with zero attached hydrogens (tertiary/aromatic N) is 1. The summed E-state index contributed by atoms with van der Waals surface area (Å²) in [5.74, 6) is 1.02. The van der Waals surface area contributed by atoms with Crippen molar-refractivity contribution in [1.82, 2.24) is 20.8 Å². The van der Waals surface area contributed by atoms with Crippen molar-refractivity contribution in [3.05, 3.63) is 17.5 Å². The van der Waals surface area contributed by atoms with Gasteiger partial charge in [-0.05, 0) is 56.9 Å². The summed E-state index contributed by atoms with van der Waals surface area (Å²) in [4.78, 5) is 12.1. The molecule has 0 spiro atoms. The fourth-order valence-corrected chi connectivity index (χ4v) is 3.09. The number of carbonyl (C=O) groups excluding carboxylic acids is 1. The molecule has 0 aromatic carbocycles. The molecule has 2 fully saturated rings. The number of hydrogen-bond donors (Lipinski definition) is 3. The summed E-state index contributed by atoms with van der Waals surface area (Å²) in [5, 5.41) is 13.5. The Balaban J connectivity index is 1.34. The van der Waals surface area contributed by atoms with Crippen molar-refractivity contribution in [3.8, 4) is 0 Å².